The Bertz CT molecular complexity index is 753. The molecule has 25 heavy (non-hydrogen) atoms. The standard InChI is InChI=1S/C17H16F3NO4/c1-10-3-5-14(15(7-10)23-2)24-9-16(22)21-11-4-6-13(12(18)8-11)25-17(19)20/h3-8,17H,9H2,1-2H3,(H,21,22). The van der Waals surface area contributed by atoms with Gasteiger partial charge in [0.15, 0.2) is 29.7 Å². The van der Waals surface area contributed by atoms with Gasteiger partial charge in [0.25, 0.3) is 5.91 Å². The Kier molecular flexibility index (Phi) is 6.10. The van der Waals surface area contributed by atoms with E-state index < -0.39 is 24.1 Å². The molecule has 0 radical (unpaired) electrons. The van der Waals surface area contributed by atoms with Gasteiger partial charge in [0.2, 0.25) is 0 Å². The van der Waals surface area contributed by atoms with Gasteiger partial charge in [0, 0.05) is 11.8 Å². The number of carbonyl (C=O) groups excluding carboxylic acids is 1. The first kappa shape index (κ1) is 18.4. The van der Waals surface area contributed by atoms with Gasteiger partial charge in [-0.1, -0.05) is 6.07 Å². The van der Waals surface area contributed by atoms with E-state index >= 15 is 0 Å². The molecule has 0 bridgehead atoms. The number of hydrogen-bond acceptors (Lipinski definition) is 4. The van der Waals surface area contributed by atoms with Crippen molar-refractivity contribution in [3.63, 3.8) is 0 Å². The molecule has 0 atom stereocenters. The van der Waals surface area contributed by atoms with Gasteiger partial charge >= 0.3 is 6.61 Å². The number of ether oxygens (including phenoxy) is 3. The van der Waals surface area contributed by atoms with Crippen molar-refractivity contribution in [3.8, 4) is 17.2 Å². The first-order valence-corrected chi connectivity index (χ1v) is 7.20. The lowest BCUT2D eigenvalue weighted by Crippen LogP contribution is -2.20. The van der Waals surface area contributed by atoms with Crippen molar-refractivity contribution >= 4 is 11.6 Å². The van der Waals surface area contributed by atoms with Crippen LogP contribution in [0.25, 0.3) is 0 Å². The molecule has 0 aromatic heterocycles. The molecule has 0 saturated heterocycles. The Morgan fingerprint density at radius 3 is 2.48 bits per heavy atom. The van der Waals surface area contributed by atoms with E-state index in [1.165, 1.54) is 13.2 Å². The highest BCUT2D eigenvalue weighted by Gasteiger charge is 2.12. The Labute approximate surface area is 142 Å². The third-order valence-corrected chi connectivity index (χ3v) is 3.11. The van der Waals surface area contributed by atoms with Crippen LogP contribution >= 0.6 is 0 Å². The number of amides is 1. The fraction of sp³-hybridized carbons (Fsp3) is 0.235. The van der Waals surface area contributed by atoms with Crippen molar-refractivity contribution < 1.29 is 32.2 Å². The minimum atomic E-state index is -3.13. The molecule has 0 aliphatic rings. The highest BCUT2D eigenvalue weighted by molar-refractivity contribution is 5.92. The molecule has 0 aliphatic carbocycles. The highest BCUT2D eigenvalue weighted by Crippen LogP contribution is 2.28. The average molecular weight is 355 g/mol. The molecule has 8 heteroatoms. The lowest BCUT2D eigenvalue weighted by atomic mass is 10.2. The van der Waals surface area contributed by atoms with Crippen molar-refractivity contribution in [2.75, 3.05) is 19.0 Å². The molecule has 0 unspecified atom stereocenters. The quantitative estimate of drug-likeness (QED) is 0.822. The minimum absolute atomic E-state index is 0.0867. The van der Waals surface area contributed by atoms with Gasteiger partial charge in [0.1, 0.15) is 0 Å². The second-order valence-electron chi connectivity index (χ2n) is 5.01. The molecule has 134 valence electrons. The van der Waals surface area contributed by atoms with Gasteiger partial charge in [-0.05, 0) is 36.8 Å². The van der Waals surface area contributed by atoms with Crippen LogP contribution in [0, 0.1) is 12.7 Å². The number of benzene rings is 2. The summed E-state index contributed by atoms with van der Waals surface area (Å²) in [6.45, 7) is -1.58. The summed E-state index contributed by atoms with van der Waals surface area (Å²) in [5.41, 5.74) is 1.05. The minimum Gasteiger partial charge on any atom is -0.493 e. The van der Waals surface area contributed by atoms with Crippen LogP contribution in [0.4, 0.5) is 18.9 Å². The van der Waals surface area contributed by atoms with Gasteiger partial charge in [-0.15, -0.1) is 0 Å². The molecule has 1 amide bonds. The van der Waals surface area contributed by atoms with Gasteiger partial charge in [-0.25, -0.2) is 4.39 Å². The van der Waals surface area contributed by atoms with Crippen molar-refractivity contribution in [1.29, 1.82) is 0 Å². The van der Waals surface area contributed by atoms with Gasteiger partial charge in [-0.2, -0.15) is 8.78 Å². The Hall–Kier alpha value is -2.90. The zero-order valence-electron chi connectivity index (χ0n) is 13.5. The number of carbonyl (C=O) groups is 1. The summed E-state index contributed by atoms with van der Waals surface area (Å²) in [6, 6.07) is 8.34. The molecule has 2 aromatic rings. The number of alkyl halides is 2. The molecule has 1 N–H and O–H groups in total. The number of aryl methyl sites for hydroxylation is 1. The van der Waals surface area contributed by atoms with Crippen molar-refractivity contribution in [2.24, 2.45) is 0 Å². The zero-order chi connectivity index (χ0) is 18.4. The first-order valence-electron chi connectivity index (χ1n) is 7.20. The van der Waals surface area contributed by atoms with E-state index in [9.17, 15) is 18.0 Å². The second-order valence-corrected chi connectivity index (χ2v) is 5.01. The average Bonchev–Trinajstić information content (AvgIpc) is 2.55. The first-order chi connectivity index (χ1) is 11.9. The topological polar surface area (TPSA) is 56.8 Å². The van der Waals surface area contributed by atoms with Crippen molar-refractivity contribution in [3.05, 3.63) is 47.8 Å². The molecule has 0 fully saturated rings. The van der Waals surface area contributed by atoms with Gasteiger partial charge < -0.3 is 19.5 Å². The second kappa shape index (κ2) is 8.27. The Morgan fingerprint density at radius 2 is 1.84 bits per heavy atom. The van der Waals surface area contributed by atoms with E-state index in [4.69, 9.17) is 9.47 Å². The summed E-state index contributed by atoms with van der Waals surface area (Å²) in [5, 5.41) is 2.39. The molecule has 0 spiro atoms. The lowest BCUT2D eigenvalue weighted by molar-refractivity contribution is -0.118. The van der Waals surface area contributed by atoms with E-state index in [0.717, 1.165) is 17.7 Å². The summed E-state index contributed by atoms with van der Waals surface area (Å²) < 4.78 is 52.2. The normalized spacial score (nSPS) is 10.5. The molecule has 0 aliphatic heterocycles. The predicted octanol–water partition coefficient (Wildman–Crippen LogP) is 3.76. The number of hydrogen-bond donors (Lipinski definition) is 1. The monoisotopic (exact) mass is 355 g/mol. The number of anilines is 1. The number of rotatable bonds is 7. The van der Waals surface area contributed by atoms with Crippen LogP contribution in [0.3, 0.4) is 0 Å². The predicted molar refractivity (Wildman–Crippen MR) is 84.9 cm³/mol. The molecular weight excluding hydrogens is 339 g/mol. The Balaban J connectivity index is 1.95. The van der Waals surface area contributed by atoms with Gasteiger partial charge in [-0.3, -0.25) is 4.79 Å². The maximum absolute atomic E-state index is 13.6. The third kappa shape index (κ3) is 5.30. The molecule has 0 saturated carbocycles. The van der Waals surface area contributed by atoms with Crippen LogP contribution in [0.5, 0.6) is 17.2 Å². The molecule has 5 nitrogen and oxygen atoms in total. The van der Waals surface area contributed by atoms with E-state index in [0.29, 0.717) is 11.5 Å². The van der Waals surface area contributed by atoms with Crippen LogP contribution in [0.1, 0.15) is 5.56 Å². The largest absolute Gasteiger partial charge is 0.493 e. The maximum atomic E-state index is 13.6. The lowest BCUT2D eigenvalue weighted by Gasteiger charge is -2.12. The van der Waals surface area contributed by atoms with E-state index in [1.807, 2.05) is 6.92 Å². The fourth-order valence-electron chi connectivity index (χ4n) is 2.00. The summed E-state index contributed by atoms with van der Waals surface area (Å²) in [5.74, 6) is -1.31. The molecule has 2 rings (SSSR count). The Morgan fingerprint density at radius 1 is 1.12 bits per heavy atom. The van der Waals surface area contributed by atoms with Crippen LogP contribution < -0.4 is 19.5 Å². The fourth-order valence-corrected chi connectivity index (χ4v) is 2.00. The molecule has 2 aromatic carbocycles. The summed E-state index contributed by atoms with van der Waals surface area (Å²) in [4.78, 5) is 11.9. The third-order valence-electron chi connectivity index (χ3n) is 3.11. The van der Waals surface area contributed by atoms with Gasteiger partial charge in [0.05, 0.1) is 7.11 Å². The highest BCUT2D eigenvalue weighted by atomic mass is 19.3. The zero-order valence-corrected chi connectivity index (χ0v) is 13.5. The summed E-state index contributed by atoms with van der Waals surface area (Å²) >= 11 is 0. The smallest absolute Gasteiger partial charge is 0.387 e. The maximum Gasteiger partial charge on any atom is 0.387 e. The van der Waals surface area contributed by atoms with Crippen molar-refractivity contribution in [1.82, 2.24) is 0 Å². The summed E-state index contributed by atoms with van der Waals surface area (Å²) in [7, 11) is 1.48. The molecule has 0 heterocycles. The number of halogens is 3. The van der Waals surface area contributed by atoms with E-state index in [-0.39, 0.29) is 12.3 Å². The van der Waals surface area contributed by atoms with Crippen LogP contribution in [-0.4, -0.2) is 26.2 Å². The number of nitrogens with one attached hydrogen (secondary N) is 1. The van der Waals surface area contributed by atoms with Crippen LogP contribution in [-0.2, 0) is 4.79 Å². The van der Waals surface area contributed by atoms with E-state index in [2.05, 4.69) is 10.1 Å². The summed E-state index contributed by atoms with van der Waals surface area (Å²) in [6.07, 6.45) is 0. The van der Waals surface area contributed by atoms with Crippen LogP contribution in [0.15, 0.2) is 36.4 Å². The van der Waals surface area contributed by atoms with Crippen molar-refractivity contribution in [2.45, 2.75) is 13.5 Å². The van der Waals surface area contributed by atoms with E-state index in [1.54, 1.807) is 18.2 Å². The number of methoxy groups -OCH3 is 1. The SMILES string of the molecule is COc1cc(C)ccc1OCC(=O)Nc1ccc(OC(F)F)c(F)c1. The van der Waals surface area contributed by atoms with Crippen LogP contribution in [0.2, 0.25) is 0 Å². The molecular formula is C17H16F3NO4.